The summed E-state index contributed by atoms with van der Waals surface area (Å²) in [7, 11) is 0. The summed E-state index contributed by atoms with van der Waals surface area (Å²) in [6.45, 7) is 3.72. The third-order valence-corrected chi connectivity index (χ3v) is 0.262. The summed E-state index contributed by atoms with van der Waals surface area (Å²) in [4.78, 5) is 0. The Hall–Kier alpha value is -0.500. The van der Waals surface area contributed by atoms with E-state index in [1.807, 2.05) is 0 Å². The third-order valence-electron chi connectivity index (χ3n) is 0.262. The van der Waals surface area contributed by atoms with Crippen LogP contribution in [-0.2, 0) is 0 Å². The molecule has 0 aromatic heterocycles. The van der Waals surface area contributed by atoms with Crippen LogP contribution in [0.4, 0.5) is 0 Å². The van der Waals surface area contributed by atoms with E-state index in [9.17, 15) is 0 Å². The normalized spacial score (nSPS) is 7.40. The largest absolute Gasteiger partial charge is 0.401 e. The average Bonchev–Trinajstić information content (AvgIpc) is 1.38. The molecule has 4 N–H and O–H groups in total. The lowest BCUT2D eigenvalue weighted by molar-refractivity contribution is 1.12. The number of rotatable bonds is 1. The van der Waals surface area contributed by atoms with Crippen LogP contribution in [0.1, 0.15) is 0 Å². The van der Waals surface area contributed by atoms with Crippen LogP contribution in [0, 0.1) is 0 Å². The van der Waals surface area contributed by atoms with Crippen LogP contribution < -0.4 is 11.5 Å². The van der Waals surface area contributed by atoms with Crippen molar-refractivity contribution in [2.24, 2.45) is 11.5 Å². The Morgan fingerprint density at radius 3 is 2.00 bits per heavy atom. The minimum atomic E-state index is 0.389. The van der Waals surface area contributed by atoms with Gasteiger partial charge in [-0.15, -0.1) is 0 Å². The number of hydrogen-bond acceptors (Lipinski definition) is 2. The van der Waals surface area contributed by atoms with Gasteiger partial charge < -0.3 is 11.5 Å². The lowest BCUT2D eigenvalue weighted by Crippen LogP contribution is -2.08. The smallest absolute Gasteiger partial charge is 0.0320 e. The zero-order valence-corrected chi connectivity index (χ0v) is 3.07. The van der Waals surface area contributed by atoms with E-state index in [1.54, 1.807) is 0 Å². The maximum absolute atomic E-state index is 4.97. The molecule has 0 atom stereocenters. The number of hydrogen-bond donors (Lipinski definition) is 2. The van der Waals surface area contributed by atoms with Crippen molar-refractivity contribution in [2.45, 2.75) is 0 Å². The molecule has 30 valence electrons. The Bertz CT molecular complexity index is 40.2. The zero-order valence-electron chi connectivity index (χ0n) is 3.07. The van der Waals surface area contributed by atoms with Gasteiger partial charge in [0.2, 0.25) is 0 Å². The molecule has 0 radical (unpaired) electrons. The molecule has 0 bridgehead atoms. The van der Waals surface area contributed by atoms with Crippen molar-refractivity contribution in [3.63, 3.8) is 0 Å². The highest BCUT2D eigenvalue weighted by molar-refractivity contribution is 4.86. The lowest BCUT2D eigenvalue weighted by Gasteiger charge is -1.82. The molecular formula is C3H8N2. The Kier molecular flexibility index (Phi) is 1.61. The van der Waals surface area contributed by atoms with E-state index in [4.69, 9.17) is 11.5 Å². The van der Waals surface area contributed by atoms with Gasteiger partial charge in [0.05, 0.1) is 0 Å². The molecule has 0 saturated carbocycles. The van der Waals surface area contributed by atoms with Crippen LogP contribution in [0.2, 0.25) is 0 Å². The van der Waals surface area contributed by atoms with Crippen molar-refractivity contribution >= 4 is 0 Å². The first-order valence-corrected chi connectivity index (χ1v) is 1.40. The highest BCUT2D eigenvalue weighted by Gasteiger charge is 1.67. The molecule has 0 aliphatic heterocycles. The molecule has 0 fully saturated rings. The molecule has 2 heteroatoms. The summed E-state index contributed by atoms with van der Waals surface area (Å²) < 4.78 is 0. The standard InChI is InChI=1S/C3H8N2/c1-3(5)2-4/h1-2,4-5H2. The van der Waals surface area contributed by atoms with Crippen molar-refractivity contribution in [1.82, 2.24) is 0 Å². The first-order valence-electron chi connectivity index (χ1n) is 1.40. The highest BCUT2D eigenvalue weighted by atomic mass is 14.7. The maximum atomic E-state index is 4.97. The highest BCUT2D eigenvalue weighted by Crippen LogP contribution is 1.59. The molecule has 2 nitrogen and oxygen atoms in total. The summed E-state index contributed by atoms with van der Waals surface area (Å²) in [6.07, 6.45) is 0. The zero-order chi connectivity index (χ0) is 4.28. The Labute approximate surface area is 31.5 Å². The fourth-order valence-electron chi connectivity index (χ4n) is 0. The maximum Gasteiger partial charge on any atom is 0.0320 e. The van der Waals surface area contributed by atoms with Crippen LogP contribution in [0.3, 0.4) is 0 Å². The van der Waals surface area contributed by atoms with Gasteiger partial charge in [-0.2, -0.15) is 0 Å². The quantitative estimate of drug-likeness (QED) is 0.435. The van der Waals surface area contributed by atoms with Gasteiger partial charge in [-0.1, -0.05) is 6.58 Å². The monoisotopic (exact) mass is 72.1 g/mol. The van der Waals surface area contributed by atoms with Gasteiger partial charge in [0, 0.05) is 12.2 Å². The first kappa shape index (κ1) is 4.50. The molecule has 0 aliphatic rings. The molecule has 0 aliphatic carbocycles. The lowest BCUT2D eigenvalue weighted by atomic mass is 10.5. The second-order valence-corrected chi connectivity index (χ2v) is 0.862. The molecule has 0 amide bonds. The predicted molar refractivity (Wildman–Crippen MR) is 22.4 cm³/mol. The van der Waals surface area contributed by atoms with Crippen LogP contribution in [-0.4, -0.2) is 6.54 Å². The van der Waals surface area contributed by atoms with Crippen molar-refractivity contribution in [3.8, 4) is 0 Å². The summed E-state index contributed by atoms with van der Waals surface area (Å²) in [5.41, 5.74) is 10.5. The topological polar surface area (TPSA) is 52.0 Å². The predicted octanol–water partition coefficient (Wildman–Crippen LogP) is -0.583. The van der Waals surface area contributed by atoms with E-state index < -0.39 is 0 Å². The van der Waals surface area contributed by atoms with Crippen LogP contribution >= 0.6 is 0 Å². The molecule has 0 spiro atoms. The minimum Gasteiger partial charge on any atom is -0.401 e. The average molecular weight is 72.1 g/mol. The van der Waals surface area contributed by atoms with Gasteiger partial charge in [-0.25, -0.2) is 0 Å². The van der Waals surface area contributed by atoms with Crippen molar-refractivity contribution in [1.29, 1.82) is 0 Å². The molecule has 5 heavy (non-hydrogen) atoms. The molecule has 0 unspecified atom stereocenters. The van der Waals surface area contributed by atoms with Crippen molar-refractivity contribution < 1.29 is 0 Å². The fraction of sp³-hybridized carbons (Fsp3) is 0.333. The van der Waals surface area contributed by atoms with E-state index in [2.05, 4.69) is 6.58 Å². The van der Waals surface area contributed by atoms with Gasteiger partial charge in [0.25, 0.3) is 0 Å². The SMILES string of the molecule is C=C(N)CN. The summed E-state index contributed by atoms with van der Waals surface area (Å²) >= 11 is 0. The van der Waals surface area contributed by atoms with Crippen molar-refractivity contribution in [2.75, 3.05) is 6.54 Å². The fourth-order valence-corrected chi connectivity index (χ4v) is 0. The van der Waals surface area contributed by atoms with Gasteiger partial charge in [0.1, 0.15) is 0 Å². The van der Waals surface area contributed by atoms with Gasteiger partial charge in [0.15, 0.2) is 0 Å². The first-order chi connectivity index (χ1) is 2.27. The Morgan fingerprint density at radius 1 is 1.80 bits per heavy atom. The molecular weight excluding hydrogens is 64.0 g/mol. The third kappa shape index (κ3) is 3.50. The molecule has 0 rings (SSSR count). The van der Waals surface area contributed by atoms with E-state index in [1.165, 1.54) is 0 Å². The van der Waals surface area contributed by atoms with Crippen molar-refractivity contribution in [3.05, 3.63) is 12.3 Å². The van der Waals surface area contributed by atoms with Gasteiger partial charge in [-0.3, -0.25) is 0 Å². The second kappa shape index (κ2) is 1.79. The van der Waals surface area contributed by atoms with E-state index in [0.29, 0.717) is 12.2 Å². The molecule has 0 aromatic carbocycles. The Balaban J connectivity index is 2.85. The number of nitrogens with two attached hydrogens (primary N) is 2. The second-order valence-electron chi connectivity index (χ2n) is 0.862. The van der Waals surface area contributed by atoms with E-state index in [-0.39, 0.29) is 0 Å². The molecule has 0 aromatic rings. The summed E-state index contributed by atoms with van der Waals surface area (Å²) in [6, 6.07) is 0. The van der Waals surface area contributed by atoms with Crippen LogP contribution in [0.25, 0.3) is 0 Å². The van der Waals surface area contributed by atoms with Crippen LogP contribution in [0.5, 0.6) is 0 Å². The van der Waals surface area contributed by atoms with E-state index in [0.717, 1.165) is 0 Å². The van der Waals surface area contributed by atoms with Crippen LogP contribution in [0.15, 0.2) is 12.3 Å². The molecule has 0 heterocycles. The van der Waals surface area contributed by atoms with Gasteiger partial charge in [-0.05, 0) is 0 Å². The Morgan fingerprint density at radius 2 is 2.00 bits per heavy atom. The summed E-state index contributed by atoms with van der Waals surface area (Å²) in [5.74, 6) is 0. The van der Waals surface area contributed by atoms with E-state index >= 15 is 0 Å². The summed E-state index contributed by atoms with van der Waals surface area (Å²) in [5, 5.41) is 0. The molecule has 0 saturated heterocycles. The minimum absolute atomic E-state index is 0.389. The van der Waals surface area contributed by atoms with Gasteiger partial charge >= 0.3 is 0 Å².